The molecular weight excluding hydrogens is 146 g/mol. The molecule has 1 nitrogen and oxygen atoms in total. The molecule has 0 bridgehead atoms. The molecule has 0 saturated carbocycles. The van der Waals surface area contributed by atoms with E-state index in [1.807, 2.05) is 7.05 Å². The van der Waals surface area contributed by atoms with E-state index in [-0.39, 0.29) is 0 Å². The first-order valence-electron chi connectivity index (χ1n) is 4.45. The molecule has 0 radical (unpaired) electrons. The molecule has 1 aromatic rings. The number of likely N-dealkylation sites (N-methyl/N-ethyl adjacent to an activating group) is 1. The average molecular weight is 163 g/mol. The third-order valence-corrected chi connectivity index (χ3v) is 2.12. The Kier molecular flexibility index (Phi) is 3.30. The molecule has 1 aromatic carbocycles. The number of aryl methyl sites for hydroxylation is 1. The zero-order chi connectivity index (χ0) is 8.97. The second-order valence-corrected chi connectivity index (χ2v) is 3.38. The molecular formula is C11H17N. The minimum absolute atomic E-state index is 0.562. The van der Waals surface area contributed by atoms with Crippen LogP contribution in [0.25, 0.3) is 0 Å². The maximum Gasteiger partial charge on any atom is 0.00761 e. The predicted octanol–water partition coefficient (Wildman–Crippen LogP) is 2.15. The van der Waals surface area contributed by atoms with E-state index in [0.717, 1.165) is 6.42 Å². The first-order valence-corrected chi connectivity index (χ1v) is 4.45. The SMILES string of the molecule is CN[C@@H](C)Cc1cccc(C)c1. The van der Waals surface area contributed by atoms with Crippen molar-refractivity contribution in [1.82, 2.24) is 5.32 Å². The van der Waals surface area contributed by atoms with E-state index >= 15 is 0 Å². The van der Waals surface area contributed by atoms with E-state index in [4.69, 9.17) is 0 Å². The molecule has 66 valence electrons. The average Bonchev–Trinajstić information content (AvgIpc) is 2.04. The van der Waals surface area contributed by atoms with Crippen LogP contribution in [0.15, 0.2) is 24.3 Å². The summed E-state index contributed by atoms with van der Waals surface area (Å²) in [6.45, 7) is 4.33. The lowest BCUT2D eigenvalue weighted by atomic mass is 10.1. The molecule has 1 heteroatoms. The summed E-state index contributed by atoms with van der Waals surface area (Å²) in [6, 6.07) is 9.24. The minimum atomic E-state index is 0.562. The predicted molar refractivity (Wildman–Crippen MR) is 53.4 cm³/mol. The van der Waals surface area contributed by atoms with E-state index in [1.165, 1.54) is 11.1 Å². The van der Waals surface area contributed by atoms with Crippen molar-refractivity contribution in [3.8, 4) is 0 Å². The van der Waals surface area contributed by atoms with Gasteiger partial charge in [0.2, 0.25) is 0 Å². The number of benzene rings is 1. The smallest absolute Gasteiger partial charge is 0.00761 e. The Morgan fingerprint density at radius 3 is 2.75 bits per heavy atom. The van der Waals surface area contributed by atoms with E-state index in [2.05, 4.69) is 43.4 Å². The van der Waals surface area contributed by atoms with Crippen LogP contribution < -0.4 is 5.32 Å². The van der Waals surface area contributed by atoms with Gasteiger partial charge in [-0.2, -0.15) is 0 Å². The summed E-state index contributed by atoms with van der Waals surface area (Å²) in [5.74, 6) is 0. The molecule has 0 spiro atoms. The zero-order valence-corrected chi connectivity index (χ0v) is 8.09. The largest absolute Gasteiger partial charge is 0.317 e. The molecule has 0 amide bonds. The van der Waals surface area contributed by atoms with Gasteiger partial charge >= 0.3 is 0 Å². The van der Waals surface area contributed by atoms with Crippen LogP contribution >= 0.6 is 0 Å². The molecule has 0 saturated heterocycles. The maximum absolute atomic E-state index is 3.23. The first kappa shape index (κ1) is 9.27. The van der Waals surface area contributed by atoms with Gasteiger partial charge < -0.3 is 5.32 Å². The van der Waals surface area contributed by atoms with Gasteiger partial charge in [0.15, 0.2) is 0 Å². The molecule has 0 aliphatic rings. The van der Waals surface area contributed by atoms with Crippen molar-refractivity contribution >= 4 is 0 Å². The van der Waals surface area contributed by atoms with Gasteiger partial charge in [-0.3, -0.25) is 0 Å². The van der Waals surface area contributed by atoms with Crippen molar-refractivity contribution in [2.75, 3.05) is 7.05 Å². The van der Waals surface area contributed by atoms with Crippen LogP contribution in [0, 0.1) is 6.92 Å². The summed E-state index contributed by atoms with van der Waals surface area (Å²) in [5.41, 5.74) is 2.76. The van der Waals surface area contributed by atoms with Gasteiger partial charge in [-0.25, -0.2) is 0 Å². The monoisotopic (exact) mass is 163 g/mol. The summed E-state index contributed by atoms with van der Waals surface area (Å²) < 4.78 is 0. The lowest BCUT2D eigenvalue weighted by molar-refractivity contribution is 0.608. The first-order chi connectivity index (χ1) is 5.72. The van der Waals surface area contributed by atoms with E-state index in [9.17, 15) is 0 Å². The molecule has 0 aliphatic carbocycles. The molecule has 12 heavy (non-hydrogen) atoms. The molecule has 0 fully saturated rings. The third kappa shape index (κ3) is 2.67. The Morgan fingerprint density at radius 1 is 1.42 bits per heavy atom. The van der Waals surface area contributed by atoms with E-state index < -0.39 is 0 Å². The third-order valence-electron chi connectivity index (χ3n) is 2.12. The fourth-order valence-electron chi connectivity index (χ4n) is 1.29. The van der Waals surface area contributed by atoms with Gasteiger partial charge in [-0.15, -0.1) is 0 Å². The standard InChI is InChI=1S/C11H17N/c1-9-5-4-6-11(7-9)8-10(2)12-3/h4-7,10,12H,8H2,1-3H3/t10-/m0/s1. The van der Waals surface area contributed by atoms with Crippen molar-refractivity contribution in [1.29, 1.82) is 0 Å². The van der Waals surface area contributed by atoms with Gasteiger partial charge in [0.1, 0.15) is 0 Å². The van der Waals surface area contributed by atoms with Crippen molar-refractivity contribution in [2.24, 2.45) is 0 Å². The second-order valence-electron chi connectivity index (χ2n) is 3.38. The fourth-order valence-corrected chi connectivity index (χ4v) is 1.29. The molecule has 1 N–H and O–H groups in total. The van der Waals surface area contributed by atoms with Crippen LogP contribution in [-0.4, -0.2) is 13.1 Å². The topological polar surface area (TPSA) is 12.0 Å². The van der Waals surface area contributed by atoms with Crippen LogP contribution in [0.1, 0.15) is 18.1 Å². The van der Waals surface area contributed by atoms with Gasteiger partial charge in [-0.1, -0.05) is 29.8 Å². The van der Waals surface area contributed by atoms with Crippen LogP contribution in [0.5, 0.6) is 0 Å². The van der Waals surface area contributed by atoms with Crippen LogP contribution in [0.4, 0.5) is 0 Å². The fraction of sp³-hybridized carbons (Fsp3) is 0.455. The maximum atomic E-state index is 3.23. The van der Waals surface area contributed by atoms with Crippen molar-refractivity contribution in [2.45, 2.75) is 26.3 Å². The normalized spacial score (nSPS) is 12.9. The van der Waals surface area contributed by atoms with Gasteiger partial charge in [0, 0.05) is 6.04 Å². The summed E-state index contributed by atoms with van der Waals surface area (Å²) in [7, 11) is 2.00. The molecule has 0 heterocycles. The Balaban J connectivity index is 2.63. The van der Waals surface area contributed by atoms with Crippen LogP contribution in [0.3, 0.4) is 0 Å². The molecule has 1 rings (SSSR count). The highest BCUT2D eigenvalue weighted by Crippen LogP contribution is 2.06. The van der Waals surface area contributed by atoms with Crippen molar-refractivity contribution < 1.29 is 0 Å². The van der Waals surface area contributed by atoms with Crippen LogP contribution in [0.2, 0.25) is 0 Å². The number of hydrogen-bond donors (Lipinski definition) is 1. The summed E-state index contributed by atoms with van der Waals surface area (Å²) in [6.07, 6.45) is 1.11. The van der Waals surface area contributed by atoms with Crippen LogP contribution in [-0.2, 0) is 6.42 Å². The number of hydrogen-bond acceptors (Lipinski definition) is 1. The lowest BCUT2D eigenvalue weighted by Crippen LogP contribution is -2.23. The highest BCUT2D eigenvalue weighted by molar-refractivity contribution is 5.22. The number of nitrogens with one attached hydrogen (secondary N) is 1. The van der Waals surface area contributed by atoms with E-state index in [0.29, 0.717) is 6.04 Å². The second kappa shape index (κ2) is 4.27. The summed E-state index contributed by atoms with van der Waals surface area (Å²) in [4.78, 5) is 0. The quantitative estimate of drug-likeness (QED) is 0.720. The Labute approximate surface area is 74.8 Å². The lowest BCUT2D eigenvalue weighted by Gasteiger charge is -2.09. The highest BCUT2D eigenvalue weighted by Gasteiger charge is 1.99. The Hall–Kier alpha value is -0.820. The number of rotatable bonds is 3. The molecule has 1 atom stereocenters. The van der Waals surface area contributed by atoms with Gasteiger partial charge in [-0.05, 0) is 32.9 Å². The van der Waals surface area contributed by atoms with Gasteiger partial charge in [0.05, 0.1) is 0 Å². The van der Waals surface area contributed by atoms with Crippen molar-refractivity contribution in [3.05, 3.63) is 35.4 Å². The van der Waals surface area contributed by atoms with E-state index in [1.54, 1.807) is 0 Å². The summed E-state index contributed by atoms with van der Waals surface area (Å²) in [5, 5.41) is 3.23. The highest BCUT2D eigenvalue weighted by atomic mass is 14.8. The minimum Gasteiger partial charge on any atom is -0.317 e. The Morgan fingerprint density at radius 2 is 2.17 bits per heavy atom. The Bertz CT molecular complexity index is 243. The van der Waals surface area contributed by atoms with Crippen molar-refractivity contribution in [3.63, 3.8) is 0 Å². The molecule has 0 unspecified atom stereocenters. The summed E-state index contributed by atoms with van der Waals surface area (Å²) >= 11 is 0. The molecule has 0 aliphatic heterocycles. The molecule has 0 aromatic heterocycles. The van der Waals surface area contributed by atoms with Gasteiger partial charge in [0.25, 0.3) is 0 Å². The zero-order valence-electron chi connectivity index (χ0n) is 8.09.